The lowest BCUT2D eigenvalue weighted by molar-refractivity contribution is 0.0948. The topological polar surface area (TPSA) is 96.8 Å². The van der Waals surface area contributed by atoms with Crippen molar-refractivity contribution in [2.75, 3.05) is 31.5 Å². The van der Waals surface area contributed by atoms with E-state index >= 15 is 0 Å². The van der Waals surface area contributed by atoms with Crippen LogP contribution in [0.15, 0.2) is 24.4 Å². The summed E-state index contributed by atoms with van der Waals surface area (Å²) in [5, 5.41) is 17.8. The van der Waals surface area contributed by atoms with Gasteiger partial charge in [-0.2, -0.15) is 0 Å². The molecule has 1 fully saturated rings. The van der Waals surface area contributed by atoms with E-state index in [1.165, 1.54) is 0 Å². The van der Waals surface area contributed by atoms with Gasteiger partial charge >= 0.3 is 0 Å². The highest BCUT2D eigenvalue weighted by atomic mass is 35.5. The minimum absolute atomic E-state index is 0. The van der Waals surface area contributed by atoms with Gasteiger partial charge in [-0.05, 0) is 51.4 Å². The van der Waals surface area contributed by atoms with Crippen LogP contribution in [-0.2, 0) is 0 Å². The number of anilines is 1. The summed E-state index contributed by atoms with van der Waals surface area (Å²) in [4.78, 5) is 16.5. The van der Waals surface area contributed by atoms with Crippen LogP contribution in [0.5, 0.6) is 0 Å². The van der Waals surface area contributed by atoms with E-state index < -0.39 is 0 Å². The highest BCUT2D eigenvalue weighted by Gasteiger charge is 2.22. The lowest BCUT2D eigenvalue weighted by Crippen LogP contribution is -2.30. The van der Waals surface area contributed by atoms with Gasteiger partial charge in [0.15, 0.2) is 5.69 Å². The van der Waals surface area contributed by atoms with E-state index in [9.17, 15) is 4.79 Å². The molecule has 2 aromatic rings. The molecule has 10 heteroatoms. The molecule has 1 aliphatic heterocycles. The molecule has 3 heterocycles. The number of carbonyl (C=O) groups excluding carboxylic acids is 1. The van der Waals surface area contributed by atoms with Crippen LogP contribution < -0.4 is 16.0 Å². The first-order valence-electron chi connectivity index (χ1n) is 8.81. The monoisotopic (exact) mass is 415 g/mol. The Morgan fingerprint density at radius 2 is 2.04 bits per heavy atom. The quantitative estimate of drug-likeness (QED) is 0.598. The zero-order valence-corrected chi connectivity index (χ0v) is 17.0. The summed E-state index contributed by atoms with van der Waals surface area (Å²) < 4.78 is 1.90. The molecule has 1 aliphatic rings. The number of nitrogens with zero attached hydrogens (tertiary/aromatic N) is 4. The Morgan fingerprint density at radius 1 is 1.26 bits per heavy atom. The number of nitrogens with one attached hydrogen (secondary N) is 3. The molecule has 150 valence electrons. The number of carbonyl (C=O) groups is 1. The van der Waals surface area contributed by atoms with Crippen LogP contribution in [0.25, 0.3) is 0 Å². The third-order valence-electron chi connectivity index (χ3n) is 4.41. The number of hydrogen-bond acceptors (Lipinski definition) is 6. The minimum Gasteiger partial charge on any atom is -0.370 e. The van der Waals surface area contributed by atoms with Crippen LogP contribution >= 0.6 is 24.8 Å². The fourth-order valence-corrected chi connectivity index (χ4v) is 3.01. The van der Waals surface area contributed by atoms with E-state index in [0.717, 1.165) is 50.4 Å². The van der Waals surface area contributed by atoms with Crippen LogP contribution in [0.1, 0.15) is 41.5 Å². The molecule has 1 saturated heterocycles. The first-order chi connectivity index (χ1) is 12.3. The van der Waals surface area contributed by atoms with Crippen molar-refractivity contribution in [1.82, 2.24) is 30.6 Å². The summed E-state index contributed by atoms with van der Waals surface area (Å²) in [6.07, 6.45) is 4.59. The zero-order chi connectivity index (χ0) is 17.5. The van der Waals surface area contributed by atoms with E-state index in [2.05, 4.69) is 31.2 Å². The molecule has 3 N–H and O–H groups in total. The Kier molecular flexibility index (Phi) is 10.1. The molecule has 0 saturated carbocycles. The fourth-order valence-electron chi connectivity index (χ4n) is 3.01. The van der Waals surface area contributed by atoms with Gasteiger partial charge in [0.1, 0.15) is 5.82 Å². The number of piperidine rings is 1. The van der Waals surface area contributed by atoms with Crippen molar-refractivity contribution in [3.63, 3.8) is 0 Å². The van der Waals surface area contributed by atoms with E-state index in [4.69, 9.17) is 0 Å². The van der Waals surface area contributed by atoms with Gasteiger partial charge in [0.2, 0.25) is 0 Å². The van der Waals surface area contributed by atoms with Gasteiger partial charge in [0.05, 0.1) is 11.7 Å². The van der Waals surface area contributed by atoms with Gasteiger partial charge in [-0.15, -0.1) is 29.9 Å². The third kappa shape index (κ3) is 6.34. The molecule has 0 radical (unpaired) electrons. The van der Waals surface area contributed by atoms with Crippen molar-refractivity contribution in [2.45, 2.75) is 32.2 Å². The summed E-state index contributed by atoms with van der Waals surface area (Å²) in [5.74, 6) is 0.685. The number of hydrogen-bond donors (Lipinski definition) is 3. The second-order valence-electron chi connectivity index (χ2n) is 6.20. The van der Waals surface area contributed by atoms with E-state index in [1.54, 1.807) is 6.20 Å². The molecule has 1 amide bonds. The second kappa shape index (κ2) is 11.7. The Morgan fingerprint density at radius 3 is 2.74 bits per heavy atom. The maximum atomic E-state index is 12.3. The van der Waals surface area contributed by atoms with Crippen molar-refractivity contribution in [3.05, 3.63) is 35.8 Å². The highest BCUT2D eigenvalue weighted by Crippen LogP contribution is 2.20. The van der Waals surface area contributed by atoms with E-state index in [0.29, 0.717) is 18.3 Å². The lowest BCUT2D eigenvalue weighted by atomic mass is 10.1. The van der Waals surface area contributed by atoms with Crippen LogP contribution in [0, 0.1) is 6.92 Å². The molecular weight excluding hydrogens is 389 g/mol. The van der Waals surface area contributed by atoms with Crippen LogP contribution in [0.4, 0.5) is 5.82 Å². The molecule has 0 unspecified atom stereocenters. The van der Waals surface area contributed by atoms with Gasteiger partial charge in [0, 0.05) is 19.3 Å². The smallest absolute Gasteiger partial charge is 0.273 e. The summed E-state index contributed by atoms with van der Waals surface area (Å²) in [7, 11) is 0. The van der Waals surface area contributed by atoms with Gasteiger partial charge in [0.25, 0.3) is 5.91 Å². The first-order valence-corrected chi connectivity index (χ1v) is 8.81. The van der Waals surface area contributed by atoms with Crippen molar-refractivity contribution in [1.29, 1.82) is 0 Å². The van der Waals surface area contributed by atoms with Gasteiger partial charge in [-0.3, -0.25) is 4.79 Å². The molecule has 0 bridgehead atoms. The number of halogens is 2. The summed E-state index contributed by atoms with van der Waals surface area (Å²) in [6, 6.07) is 6.06. The molecular formula is C17H27Cl2N7O. The van der Waals surface area contributed by atoms with Crippen molar-refractivity contribution < 1.29 is 4.79 Å². The number of amides is 1. The normalized spacial score (nSPS) is 14.0. The molecule has 0 aliphatic carbocycles. The number of aromatic nitrogens is 4. The molecule has 2 aromatic heterocycles. The largest absolute Gasteiger partial charge is 0.370 e. The maximum Gasteiger partial charge on any atom is 0.273 e. The standard InChI is InChI=1S/C17H25N7O.2ClH/c1-13-16(22-23-24(13)14-6-11-18-12-7-14)17(25)21-10-4-9-20-15-5-2-3-8-19-15;;/h2-3,5,8,14,18H,4,6-7,9-12H2,1H3,(H,19,20)(H,21,25);2*1H. The molecule has 27 heavy (non-hydrogen) atoms. The average molecular weight is 416 g/mol. The van der Waals surface area contributed by atoms with Crippen molar-refractivity contribution >= 4 is 36.5 Å². The summed E-state index contributed by atoms with van der Waals surface area (Å²) in [6.45, 7) is 5.21. The lowest BCUT2D eigenvalue weighted by Gasteiger charge is -2.23. The SMILES string of the molecule is Cc1c(C(=O)NCCCNc2ccccn2)nnn1C1CCNCC1.Cl.Cl. The molecule has 0 atom stereocenters. The second-order valence-corrected chi connectivity index (χ2v) is 6.20. The fraction of sp³-hybridized carbons (Fsp3) is 0.529. The molecule has 0 spiro atoms. The van der Waals surface area contributed by atoms with E-state index in [1.807, 2.05) is 29.8 Å². The Bertz CT molecular complexity index is 690. The number of pyridine rings is 1. The van der Waals surface area contributed by atoms with E-state index in [-0.39, 0.29) is 30.7 Å². The first kappa shape index (κ1) is 23.1. The predicted octanol–water partition coefficient (Wildman–Crippen LogP) is 1.98. The molecule has 8 nitrogen and oxygen atoms in total. The maximum absolute atomic E-state index is 12.3. The number of rotatable bonds is 7. The Balaban J connectivity index is 0.00000182. The van der Waals surface area contributed by atoms with Crippen LogP contribution in [-0.4, -0.2) is 52.1 Å². The van der Waals surface area contributed by atoms with Crippen LogP contribution in [0.3, 0.4) is 0 Å². The highest BCUT2D eigenvalue weighted by molar-refractivity contribution is 5.93. The summed E-state index contributed by atoms with van der Waals surface area (Å²) >= 11 is 0. The third-order valence-corrected chi connectivity index (χ3v) is 4.41. The Hall–Kier alpha value is -1.90. The van der Waals surface area contributed by atoms with Crippen molar-refractivity contribution in [3.8, 4) is 0 Å². The van der Waals surface area contributed by atoms with Gasteiger partial charge in [-0.25, -0.2) is 9.67 Å². The van der Waals surface area contributed by atoms with Crippen LogP contribution in [0.2, 0.25) is 0 Å². The predicted molar refractivity (Wildman–Crippen MR) is 110 cm³/mol. The Labute approximate surface area is 171 Å². The summed E-state index contributed by atoms with van der Waals surface area (Å²) in [5.41, 5.74) is 1.27. The zero-order valence-electron chi connectivity index (χ0n) is 15.4. The molecule has 0 aromatic carbocycles. The minimum atomic E-state index is -0.157. The average Bonchev–Trinajstić information content (AvgIpc) is 3.04. The van der Waals surface area contributed by atoms with Gasteiger partial charge in [-0.1, -0.05) is 11.3 Å². The van der Waals surface area contributed by atoms with Crippen molar-refractivity contribution in [2.24, 2.45) is 0 Å². The molecule has 3 rings (SSSR count). The van der Waals surface area contributed by atoms with Gasteiger partial charge < -0.3 is 16.0 Å².